The molecule has 0 fully saturated rings. The van der Waals surface area contributed by atoms with Gasteiger partial charge in [-0.3, -0.25) is 14.9 Å². The van der Waals surface area contributed by atoms with Gasteiger partial charge in [-0.15, -0.1) is 0 Å². The predicted molar refractivity (Wildman–Crippen MR) is 93.6 cm³/mol. The summed E-state index contributed by atoms with van der Waals surface area (Å²) >= 11 is 0. The van der Waals surface area contributed by atoms with Crippen LogP contribution in [0.3, 0.4) is 0 Å². The molecule has 0 bridgehead atoms. The molecule has 29 heavy (non-hydrogen) atoms. The fourth-order valence-corrected chi connectivity index (χ4v) is 3.34. The molecule has 0 aliphatic carbocycles. The molecule has 0 atom stereocenters. The van der Waals surface area contributed by atoms with Crippen molar-refractivity contribution in [1.82, 2.24) is 4.72 Å². The lowest BCUT2D eigenvalue weighted by Gasteiger charge is -2.13. The Morgan fingerprint density at radius 2 is 1.90 bits per heavy atom. The van der Waals surface area contributed by atoms with Crippen LogP contribution in [0.2, 0.25) is 0 Å². The Balaban J connectivity index is 2.30. The van der Waals surface area contributed by atoms with Crippen LogP contribution in [-0.2, 0) is 21.0 Å². The number of carbonyl (C=O) groups excluding carboxylic acids is 1. The van der Waals surface area contributed by atoms with Crippen LogP contribution in [0.25, 0.3) is 6.08 Å². The number of nitro benzene ring substituents is 1. The molecule has 150 valence electrons. The summed E-state index contributed by atoms with van der Waals surface area (Å²) in [6, 6.07) is 8.31. The number of amides is 1. The van der Waals surface area contributed by atoms with Crippen LogP contribution in [0, 0.1) is 21.4 Å². The summed E-state index contributed by atoms with van der Waals surface area (Å²) in [6.07, 6.45) is -3.33. The molecule has 1 amide bonds. The molecule has 0 spiro atoms. The van der Waals surface area contributed by atoms with E-state index in [4.69, 9.17) is 5.26 Å². The smallest absolute Gasteiger partial charge is 0.269 e. The molecule has 12 heteroatoms. The first kappa shape index (κ1) is 21.6. The Morgan fingerprint density at radius 1 is 1.21 bits per heavy atom. The molecule has 0 aliphatic rings. The van der Waals surface area contributed by atoms with E-state index in [1.165, 1.54) is 29.0 Å². The number of carbonyl (C=O) groups is 1. The van der Waals surface area contributed by atoms with Gasteiger partial charge in [0.15, 0.2) is 0 Å². The van der Waals surface area contributed by atoms with Crippen molar-refractivity contribution in [2.45, 2.75) is 11.1 Å². The van der Waals surface area contributed by atoms with E-state index in [0.29, 0.717) is 18.2 Å². The number of nitrogens with one attached hydrogen (secondary N) is 1. The van der Waals surface area contributed by atoms with Gasteiger partial charge >= 0.3 is 6.18 Å². The number of hydrogen-bond donors (Lipinski definition) is 1. The van der Waals surface area contributed by atoms with Crippen molar-refractivity contribution >= 4 is 27.7 Å². The summed E-state index contributed by atoms with van der Waals surface area (Å²) in [7, 11) is -4.91. The van der Waals surface area contributed by atoms with Crippen LogP contribution < -0.4 is 4.72 Å². The van der Waals surface area contributed by atoms with Gasteiger partial charge in [-0.1, -0.05) is 12.1 Å². The summed E-state index contributed by atoms with van der Waals surface area (Å²) in [6.45, 7) is 0. The van der Waals surface area contributed by atoms with E-state index < -0.39 is 43.1 Å². The third-order valence-electron chi connectivity index (χ3n) is 3.45. The summed E-state index contributed by atoms with van der Waals surface area (Å²) in [5.74, 6) is -1.27. The number of alkyl halides is 3. The largest absolute Gasteiger partial charge is 0.417 e. The number of rotatable bonds is 5. The Labute approximate surface area is 162 Å². The Kier molecular flexibility index (Phi) is 6.03. The standard InChI is InChI=1S/C17H10F3N3O5S/c18-17(19,20)14-9-12(10-21)4-6-15(14)29(27,28)22-16(24)7-5-11-2-1-3-13(8-11)23(25)26/h1-9H,(H,22,24)/b7-5+. The van der Waals surface area contributed by atoms with Crippen molar-refractivity contribution in [2.24, 2.45) is 0 Å². The fourth-order valence-electron chi connectivity index (χ4n) is 2.19. The molecule has 2 aromatic rings. The fraction of sp³-hybridized carbons (Fsp3) is 0.0588. The number of halogens is 3. The van der Waals surface area contributed by atoms with E-state index in [-0.39, 0.29) is 11.3 Å². The van der Waals surface area contributed by atoms with Crippen molar-refractivity contribution in [1.29, 1.82) is 5.26 Å². The Hall–Kier alpha value is -3.72. The highest BCUT2D eigenvalue weighted by Gasteiger charge is 2.37. The molecule has 2 aromatic carbocycles. The zero-order valence-corrected chi connectivity index (χ0v) is 15.0. The maximum atomic E-state index is 13.1. The van der Waals surface area contributed by atoms with Crippen LogP contribution >= 0.6 is 0 Å². The Bertz CT molecular complexity index is 1150. The quantitative estimate of drug-likeness (QED) is 0.445. The van der Waals surface area contributed by atoms with Crippen molar-refractivity contribution in [3.05, 3.63) is 75.3 Å². The number of nitro groups is 1. The second-order valence-corrected chi connectivity index (χ2v) is 7.13. The first-order chi connectivity index (χ1) is 13.4. The number of non-ortho nitro benzene ring substituents is 1. The molecule has 8 nitrogen and oxygen atoms in total. The van der Waals surface area contributed by atoms with Gasteiger partial charge in [-0.2, -0.15) is 18.4 Å². The van der Waals surface area contributed by atoms with Crippen molar-refractivity contribution < 1.29 is 31.3 Å². The van der Waals surface area contributed by atoms with Crippen LogP contribution in [0.4, 0.5) is 18.9 Å². The maximum absolute atomic E-state index is 13.1. The van der Waals surface area contributed by atoms with Crippen molar-refractivity contribution in [2.75, 3.05) is 0 Å². The minimum atomic E-state index is -5.08. The van der Waals surface area contributed by atoms with Gasteiger partial charge in [-0.25, -0.2) is 13.1 Å². The van der Waals surface area contributed by atoms with Crippen molar-refractivity contribution in [3.63, 3.8) is 0 Å². The molecule has 0 radical (unpaired) electrons. The molecule has 0 aliphatic heterocycles. The van der Waals surface area contributed by atoms with E-state index in [1.54, 1.807) is 0 Å². The second kappa shape index (κ2) is 8.11. The van der Waals surface area contributed by atoms with Gasteiger partial charge in [0.1, 0.15) is 0 Å². The SMILES string of the molecule is N#Cc1ccc(S(=O)(=O)NC(=O)/C=C/c2cccc([N+](=O)[O-])c2)c(C(F)(F)F)c1. The van der Waals surface area contributed by atoms with Crippen LogP contribution in [0.1, 0.15) is 16.7 Å². The summed E-state index contributed by atoms with van der Waals surface area (Å²) in [5.41, 5.74) is -2.08. The second-order valence-electron chi connectivity index (χ2n) is 5.48. The highest BCUT2D eigenvalue weighted by atomic mass is 32.2. The van der Waals surface area contributed by atoms with E-state index in [1.807, 2.05) is 0 Å². The van der Waals surface area contributed by atoms with Gasteiger partial charge in [0.05, 0.1) is 27.0 Å². The average molecular weight is 425 g/mol. The highest BCUT2D eigenvalue weighted by molar-refractivity contribution is 7.90. The Morgan fingerprint density at radius 3 is 2.48 bits per heavy atom. The minimum Gasteiger partial charge on any atom is -0.269 e. The minimum absolute atomic E-state index is 0.195. The molecule has 0 aromatic heterocycles. The van der Waals surface area contributed by atoms with Crippen LogP contribution in [-0.4, -0.2) is 19.2 Å². The summed E-state index contributed by atoms with van der Waals surface area (Å²) in [4.78, 5) is 20.7. The van der Waals surface area contributed by atoms with Gasteiger partial charge in [0.2, 0.25) is 0 Å². The van der Waals surface area contributed by atoms with E-state index in [2.05, 4.69) is 0 Å². The number of benzene rings is 2. The van der Waals surface area contributed by atoms with Gasteiger partial charge in [0, 0.05) is 18.2 Å². The lowest BCUT2D eigenvalue weighted by molar-refractivity contribution is -0.384. The number of sulfonamides is 1. The summed E-state index contributed by atoms with van der Waals surface area (Å²) < 4.78 is 65.4. The van der Waals surface area contributed by atoms with Crippen LogP contribution in [0.5, 0.6) is 0 Å². The predicted octanol–water partition coefficient (Wildman–Crippen LogP) is 3.00. The molecule has 0 heterocycles. The van der Waals surface area contributed by atoms with Crippen LogP contribution in [0.15, 0.2) is 53.4 Å². The van der Waals surface area contributed by atoms with Gasteiger partial charge < -0.3 is 0 Å². The molecular weight excluding hydrogens is 415 g/mol. The third kappa shape index (κ3) is 5.39. The number of hydrogen-bond acceptors (Lipinski definition) is 6. The number of nitriles is 1. The van der Waals surface area contributed by atoms with E-state index >= 15 is 0 Å². The third-order valence-corrected chi connectivity index (χ3v) is 4.85. The first-order valence-corrected chi connectivity index (χ1v) is 9.03. The molecule has 0 unspecified atom stereocenters. The zero-order chi connectivity index (χ0) is 21.8. The molecule has 0 saturated carbocycles. The number of nitrogens with zero attached hydrogens (tertiary/aromatic N) is 2. The van der Waals surface area contributed by atoms with Gasteiger partial charge in [-0.05, 0) is 29.8 Å². The highest BCUT2D eigenvalue weighted by Crippen LogP contribution is 2.34. The molecule has 2 rings (SSSR count). The lowest BCUT2D eigenvalue weighted by atomic mass is 10.1. The normalized spacial score (nSPS) is 11.8. The van der Waals surface area contributed by atoms with E-state index in [9.17, 15) is 36.5 Å². The lowest BCUT2D eigenvalue weighted by Crippen LogP contribution is -2.30. The first-order valence-electron chi connectivity index (χ1n) is 7.55. The topological polar surface area (TPSA) is 130 Å². The van der Waals surface area contributed by atoms with E-state index in [0.717, 1.165) is 18.2 Å². The monoisotopic (exact) mass is 425 g/mol. The van der Waals surface area contributed by atoms with Crippen molar-refractivity contribution in [3.8, 4) is 6.07 Å². The average Bonchev–Trinajstić information content (AvgIpc) is 2.65. The zero-order valence-electron chi connectivity index (χ0n) is 14.2. The maximum Gasteiger partial charge on any atom is 0.417 e. The summed E-state index contributed by atoms with van der Waals surface area (Å²) in [5, 5.41) is 19.4. The molecular formula is C17H10F3N3O5S. The molecule has 1 N–H and O–H groups in total. The van der Waals surface area contributed by atoms with Gasteiger partial charge in [0.25, 0.3) is 21.6 Å². The molecule has 0 saturated heterocycles.